The minimum Gasteiger partial charge on any atom is -0.462 e. The molecule has 0 fully saturated rings. The maximum atomic E-state index is 12.5. The van der Waals surface area contributed by atoms with E-state index >= 15 is 0 Å². The normalized spacial score (nSPS) is 13.4. The van der Waals surface area contributed by atoms with Crippen molar-refractivity contribution >= 4 is 34.2 Å². The van der Waals surface area contributed by atoms with Crippen molar-refractivity contribution in [2.24, 2.45) is 0 Å². The minimum atomic E-state index is -0.980. The third-order valence-electron chi connectivity index (χ3n) is 4.43. The summed E-state index contributed by atoms with van der Waals surface area (Å²) >= 11 is 1.30. The lowest BCUT2D eigenvalue weighted by molar-refractivity contribution is -0.152. The third kappa shape index (κ3) is 4.99. The molecule has 0 saturated carbocycles. The molecule has 1 aliphatic heterocycles. The number of hydrogen-bond donors (Lipinski definition) is 1. The molecule has 0 aromatic carbocycles. The molecule has 8 nitrogen and oxygen atoms in total. The summed E-state index contributed by atoms with van der Waals surface area (Å²) in [6, 6.07) is 3.92. The topological polar surface area (TPSA) is 97.8 Å². The van der Waals surface area contributed by atoms with Gasteiger partial charge in [-0.1, -0.05) is 6.07 Å². The van der Waals surface area contributed by atoms with Gasteiger partial charge >= 0.3 is 17.8 Å². The largest absolute Gasteiger partial charge is 0.462 e. The van der Waals surface area contributed by atoms with Crippen LogP contribution < -0.4 is 5.32 Å². The van der Waals surface area contributed by atoms with Crippen LogP contribution >= 0.6 is 11.3 Å². The average Bonchev–Trinajstić information content (AvgIpc) is 3.06. The van der Waals surface area contributed by atoms with E-state index in [9.17, 15) is 14.4 Å². The zero-order valence-electron chi connectivity index (χ0n) is 16.4. The summed E-state index contributed by atoms with van der Waals surface area (Å²) < 4.78 is 9.92. The summed E-state index contributed by atoms with van der Waals surface area (Å²) in [6.45, 7) is 5.81. The van der Waals surface area contributed by atoms with Crippen LogP contribution in [0.5, 0.6) is 0 Å². The minimum absolute atomic E-state index is 0.0984. The average molecular weight is 417 g/mol. The third-order valence-corrected chi connectivity index (χ3v) is 5.56. The van der Waals surface area contributed by atoms with Crippen molar-refractivity contribution < 1.29 is 23.9 Å². The Morgan fingerprint density at radius 1 is 1.24 bits per heavy atom. The van der Waals surface area contributed by atoms with E-state index in [4.69, 9.17) is 9.47 Å². The monoisotopic (exact) mass is 417 g/mol. The van der Waals surface area contributed by atoms with Gasteiger partial charge in [0.25, 0.3) is 0 Å². The first-order chi connectivity index (χ1) is 14.0. The van der Waals surface area contributed by atoms with Crippen molar-refractivity contribution in [1.82, 2.24) is 9.88 Å². The maximum absolute atomic E-state index is 12.5. The zero-order valence-corrected chi connectivity index (χ0v) is 17.2. The van der Waals surface area contributed by atoms with E-state index in [0.29, 0.717) is 23.5 Å². The highest BCUT2D eigenvalue weighted by atomic mass is 32.1. The molecular formula is C20H23N3O5S. The van der Waals surface area contributed by atoms with E-state index in [0.717, 1.165) is 29.1 Å². The van der Waals surface area contributed by atoms with Crippen molar-refractivity contribution in [2.75, 3.05) is 25.1 Å². The smallest absolute Gasteiger partial charge is 0.397 e. The quantitative estimate of drug-likeness (QED) is 0.569. The van der Waals surface area contributed by atoms with Gasteiger partial charge in [-0.2, -0.15) is 0 Å². The summed E-state index contributed by atoms with van der Waals surface area (Å²) in [5.74, 6) is -2.38. The van der Waals surface area contributed by atoms with Crippen LogP contribution in [0.2, 0.25) is 0 Å². The molecule has 154 valence electrons. The van der Waals surface area contributed by atoms with E-state index in [1.54, 1.807) is 20.0 Å². The highest BCUT2D eigenvalue weighted by Crippen LogP contribution is 2.38. The molecule has 9 heteroatoms. The lowest BCUT2D eigenvalue weighted by atomic mass is 10.0. The van der Waals surface area contributed by atoms with Crippen LogP contribution in [0.3, 0.4) is 0 Å². The Balaban J connectivity index is 1.83. The second-order valence-corrected chi connectivity index (χ2v) is 7.53. The van der Waals surface area contributed by atoms with E-state index in [-0.39, 0.29) is 13.2 Å². The lowest BCUT2D eigenvalue weighted by Gasteiger charge is -2.26. The van der Waals surface area contributed by atoms with Crippen molar-refractivity contribution in [3.05, 3.63) is 46.1 Å². The van der Waals surface area contributed by atoms with E-state index in [2.05, 4.69) is 15.2 Å². The van der Waals surface area contributed by atoms with Gasteiger partial charge in [-0.25, -0.2) is 9.59 Å². The fourth-order valence-electron chi connectivity index (χ4n) is 3.20. The van der Waals surface area contributed by atoms with Gasteiger partial charge in [-0.05, 0) is 37.5 Å². The number of pyridine rings is 1. The number of carbonyl (C=O) groups is 3. The highest BCUT2D eigenvalue weighted by molar-refractivity contribution is 7.17. The molecule has 3 heterocycles. The van der Waals surface area contributed by atoms with Crippen LogP contribution in [0.25, 0.3) is 0 Å². The highest BCUT2D eigenvalue weighted by Gasteiger charge is 2.30. The van der Waals surface area contributed by atoms with Gasteiger partial charge in [0.1, 0.15) is 5.00 Å². The molecule has 2 aromatic heterocycles. The number of amides is 1. The number of fused-ring (bicyclic) bond motifs is 1. The van der Waals surface area contributed by atoms with Crippen LogP contribution in [-0.2, 0) is 38.6 Å². The van der Waals surface area contributed by atoms with E-state index < -0.39 is 17.8 Å². The van der Waals surface area contributed by atoms with Crippen LogP contribution in [0.4, 0.5) is 5.00 Å². The first-order valence-electron chi connectivity index (χ1n) is 9.44. The van der Waals surface area contributed by atoms with Crippen LogP contribution in [0.15, 0.2) is 24.5 Å². The summed E-state index contributed by atoms with van der Waals surface area (Å²) in [5, 5.41) is 2.86. The summed E-state index contributed by atoms with van der Waals surface area (Å²) in [5.41, 5.74) is 2.31. The second-order valence-electron chi connectivity index (χ2n) is 6.42. The molecule has 0 bridgehead atoms. The SMILES string of the molecule is CCOC(=O)C(=O)Nc1sc2c(c1C(=O)OCC)CCN(Cc1cccnc1)C2. The van der Waals surface area contributed by atoms with Gasteiger partial charge in [0.2, 0.25) is 0 Å². The molecule has 0 unspecified atom stereocenters. The first-order valence-corrected chi connectivity index (χ1v) is 10.3. The molecule has 29 heavy (non-hydrogen) atoms. The summed E-state index contributed by atoms with van der Waals surface area (Å²) in [4.78, 5) is 43.7. The van der Waals surface area contributed by atoms with Gasteiger partial charge in [-0.3, -0.25) is 14.7 Å². The zero-order chi connectivity index (χ0) is 20.8. The number of hydrogen-bond acceptors (Lipinski definition) is 8. The number of esters is 2. The van der Waals surface area contributed by atoms with E-state index in [1.807, 2.05) is 18.3 Å². The van der Waals surface area contributed by atoms with Gasteiger partial charge in [0, 0.05) is 36.9 Å². The van der Waals surface area contributed by atoms with Gasteiger partial charge in [0.05, 0.1) is 18.8 Å². The van der Waals surface area contributed by atoms with Crippen molar-refractivity contribution in [3.8, 4) is 0 Å². The Bertz CT molecular complexity index is 897. The molecular weight excluding hydrogens is 394 g/mol. The van der Waals surface area contributed by atoms with Gasteiger partial charge in [0.15, 0.2) is 0 Å². The predicted octanol–water partition coefficient (Wildman–Crippen LogP) is 2.38. The Labute approximate surface area is 172 Å². The standard InChI is InChI=1S/C20H23N3O5S/c1-3-27-19(25)16-14-7-9-23(11-13-6-5-8-21-10-13)12-15(14)29-18(16)22-17(24)20(26)28-4-2/h5-6,8,10H,3-4,7,9,11-12H2,1-2H3,(H,22,24). The molecule has 0 aliphatic carbocycles. The molecule has 0 atom stereocenters. The number of aromatic nitrogens is 1. The van der Waals surface area contributed by atoms with E-state index in [1.165, 1.54) is 11.3 Å². The summed E-state index contributed by atoms with van der Waals surface area (Å²) in [6.07, 6.45) is 4.22. The van der Waals surface area contributed by atoms with Crippen LogP contribution in [0.1, 0.15) is 40.2 Å². The fourth-order valence-corrected chi connectivity index (χ4v) is 4.47. The maximum Gasteiger partial charge on any atom is 0.397 e. The van der Waals surface area contributed by atoms with Crippen molar-refractivity contribution in [1.29, 1.82) is 0 Å². The molecule has 0 spiro atoms. The number of thiophene rings is 1. The number of rotatable bonds is 6. The second kappa shape index (κ2) is 9.62. The molecule has 1 amide bonds. The molecule has 0 radical (unpaired) electrons. The van der Waals surface area contributed by atoms with Crippen LogP contribution in [0, 0.1) is 0 Å². The number of ether oxygens (including phenoxy) is 2. The molecule has 3 rings (SSSR count). The number of nitrogens with one attached hydrogen (secondary N) is 1. The number of anilines is 1. The number of nitrogens with zero attached hydrogens (tertiary/aromatic N) is 2. The van der Waals surface area contributed by atoms with Gasteiger partial charge in [-0.15, -0.1) is 11.3 Å². The molecule has 2 aromatic rings. The Hall–Kier alpha value is -2.78. The molecule has 1 aliphatic rings. The number of carbonyl (C=O) groups excluding carboxylic acids is 3. The predicted molar refractivity (Wildman–Crippen MR) is 108 cm³/mol. The summed E-state index contributed by atoms with van der Waals surface area (Å²) in [7, 11) is 0. The van der Waals surface area contributed by atoms with Gasteiger partial charge < -0.3 is 14.8 Å². The van der Waals surface area contributed by atoms with Crippen molar-refractivity contribution in [2.45, 2.75) is 33.4 Å². The van der Waals surface area contributed by atoms with Crippen LogP contribution in [-0.4, -0.2) is 47.5 Å². The molecule has 0 saturated heterocycles. The molecule has 1 N–H and O–H groups in total. The lowest BCUT2D eigenvalue weighted by Crippen LogP contribution is -2.30. The first kappa shape index (κ1) is 20.9. The Morgan fingerprint density at radius 3 is 2.72 bits per heavy atom. The Kier molecular flexibility index (Phi) is 6.95. The van der Waals surface area contributed by atoms with Crippen molar-refractivity contribution in [3.63, 3.8) is 0 Å². The Morgan fingerprint density at radius 2 is 2.03 bits per heavy atom. The fraction of sp³-hybridized carbons (Fsp3) is 0.400.